The molecule has 0 saturated heterocycles. The highest BCUT2D eigenvalue weighted by Gasteiger charge is 2.14. The monoisotopic (exact) mass is 344 g/mol. The average Bonchev–Trinajstić information content (AvgIpc) is 2.61. The average molecular weight is 344 g/mol. The van der Waals surface area contributed by atoms with Crippen LogP contribution in [0.25, 0.3) is 0 Å². The first-order valence-electron chi connectivity index (χ1n) is 7.95. The molecular formula is C19H24N2O2S. The lowest BCUT2D eigenvalue weighted by atomic mass is 10.1. The van der Waals surface area contributed by atoms with Gasteiger partial charge in [0.1, 0.15) is 11.5 Å². The summed E-state index contributed by atoms with van der Waals surface area (Å²) in [6.07, 6.45) is 1.02. The molecule has 5 heteroatoms. The number of thiocarbonyl (C=S) groups is 1. The number of benzene rings is 2. The van der Waals surface area contributed by atoms with Crippen molar-refractivity contribution in [3.63, 3.8) is 0 Å². The van der Waals surface area contributed by atoms with Crippen LogP contribution in [0.5, 0.6) is 11.5 Å². The molecule has 0 aliphatic heterocycles. The molecule has 0 bridgehead atoms. The molecule has 2 N–H and O–H groups in total. The molecule has 0 spiro atoms. The predicted octanol–water partition coefficient (Wildman–Crippen LogP) is 4.31. The summed E-state index contributed by atoms with van der Waals surface area (Å²) < 4.78 is 10.7. The molecule has 0 unspecified atom stereocenters. The van der Waals surface area contributed by atoms with Gasteiger partial charge in [0.2, 0.25) is 0 Å². The first kappa shape index (κ1) is 18.1. The first-order valence-corrected chi connectivity index (χ1v) is 8.36. The van der Waals surface area contributed by atoms with Crippen LogP contribution >= 0.6 is 12.2 Å². The Morgan fingerprint density at radius 2 is 1.79 bits per heavy atom. The Bertz CT molecular complexity index is 686. The SMILES string of the molecule is CCc1ccc(NC(=S)N[C@H](C)c2cc(OC)ccc2OC)cc1. The van der Waals surface area contributed by atoms with E-state index in [0.717, 1.165) is 29.2 Å². The molecule has 2 rings (SSSR count). The molecular weight excluding hydrogens is 320 g/mol. The van der Waals surface area contributed by atoms with Gasteiger partial charge in [-0.3, -0.25) is 0 Å². The van der Waals surface area contributed by atoms with Gasteiger partial charge in [0.15, 0.2) is 5.11 Å². The quantitative estimate of drug-likeness (QED) is 0.764. The predicted molar refractivity (Wildman–Crippen MR) is 103 cm³/mol. The molecule has 0 fully saturated rings. The van der Waals surface area contributed by atoms with E-state index >= 15 is 0 Å². The van der Waals surface area contributed by atoms with Gasteiger partial charge in [-0.05, 0) is 61.5 Å². The second-order valence-corrected chi connectivity index (χ2v) is 5.89. The van der Waals surface area contributed by atoms with Crippen molar-refractivity contribution in [2.75, 3.05) is 19.5 Å². The maximum Gasteiger partial charge on any atom is 0.171 e. The summed E-state index contributed by atoms with van der Waals surface area (Å²) in [6, 6.07) is 14.0. The van der Waals surface area contributed by atoms with Crippen LogP contribution in [0.15, 0.2) is 42.5 Å². The van der Waals surface area contributed by atoms with Gasteiger partial charge in [0.25, 0.3) is 0 Å². The van der Waals surface area contributed by atoms with Gasteiger partial charge in [-0.1, -0.05) is 19.1 Å². The summed E-state index contributed by atoms with van der Waals surface area (Å²) in [6.45, 7) is 4.17. The number of ether oxygens (including phenoxy) is 2. The van der Waals surface area contributed by atoms with Gasteiger partial charge in [-0.15, -0.1) is 0 Å². The third-order valence-corrected chi connectivity index (χ3v) is 4.09. The van der Waals surface area contributed by atoms with Crippen molar-refractivity contribution >= 4 is 23.0 Å². The molecule has 1 atom stereocenters. The van der Waals surface area contributed by atoms with E-state index in [0.29, 0.717) is 5.11 Å². The normalized spacial score (nSPS) is 11.5. The second kappa shape index (κ2) is 8.55. The maximum atomic E-state index is 5.43. The number of hydrogen-bond donors (Lipinski definition) is 2. The summed E-state index contributed by atoms with van der Waals surface area (Å²) in [5.74, 6) is 1.58. The minimum absolute atomic E-state index is 0.0232. The standard InChI is InChI=1S/C19H24N2O2S/c1-5-14-6-8-15(9-7-14)21-19(24)20-13(2)17-12-16(22-3)10-11-18(17)23-4/h6-13H,5H2,1-4H3,(H2,20,21,24)/t13-/m1/s1. The van der Waals surface area contributed by atoms with Crippen LogP contribution in [0.2, 0.25) is 0 Å². The van der Waals surface area contributed by atoms with E-state index in [1.165, 1.54) is 5.56 Å². The molecule has 128 valence electrons. The van der Waals surface area contributed by atoms with E-state index in [1.54, 1.807) is 14.2 Å². The molecule has 24 heavy (non-hydrogen) atoms. The maximum absolute atomic E-state index is 5.43. The summed E-state index contributed by atoms with van der Waals surface area (Å²) in [5, 5.41) is 7.06. The number of rotatable bonds is 6. The molecule has 2 aromatic rings. The molecule has 0 aromatic heterocycles. The molecule has 0 aliphatic rings. The Hall–Kier alpha value is -2.27. The van der Waals surface area contributed by atoms with Crippen LogP contribution in [0.3, 0.4) is 0 Å². The van der Waals surface area contributed by atoms with Crippen molar-refractivity contribution in [1.29, 1.82) is 0 Å². The van der Waals surface area contributed by atoms with Crippen molar-refractivity contribution in [2.24, 2.45) is 0 Å². The Balaban J connectivity index is 2.05. The van der Waals surface area contributed by atoms with Crippen LogP contribution in [-0.2, 0) is 6.42 Å². The number of nitrogens with one attached hydrogen (secondary N) is 2. The number of anilines is 1. The summed E-state index contributed by atoms with van der Waals surface area (Å²) in [7, 11) is 3.31. The number of methoxy groups -OCH3 is 2. The van der Waals surface area contributed by atoms with Gasteiger partial charge in [0, 0.05) is 11.3 Å². The third kappa shape index (κ3) is 4.61. The fourth-order valence-electron chi connectivity index (χ4n) is 2.44. The fraction of sp³-hybridized carbons (Fsp3) is 0.316. The van der Waals surface area contributed by atoms with Crippen molar-refractivity contribution in [2.45, 2.75) is 26.3 Å². The summed E-state index contributed by atoms with van der Waals surface area (Å²) >= 11 is 5.42. The van der Waals surface area contributed by atoms with Crippen LogP contribution in [0, 0.1) is 0 Å². The topological polar surface area (TPSA) is 42.5 Å². The van der Waals surface area contributed by atoms with E-state index in [4.69, 9.17) is 21.7 Å². The summed E-state index contributed by atoms with van der Waals surface area (Å²) in [4.78, 5) is 0. The fourth-order valence-corrected chi connectivity index (χ4v) is 2.74. The molecule has 0 amide bonds. The zero-order chi connectivity index (χ0) is 17.5. The summed E-state index contributed by atoms with van der Waals surface area (Å²) in [5.41, 5.74) is 3.26. The highest BCUT2D eigenvalue weighted by atomic mass is 32.1. The van der Waals surface area contributed by atoms with Gasteiger partial charge < -0.3 is 20.1 Å². The lowest BCUT2D eigenvalue weighted by Crippen LogP contribution is -2.31. The van der Waals surface area contributed by atoms with Crippen molar-refractivity contribution in [3.05, 3.63) is 53.6 Å². The first-order chi connectivity index (χ1) is 11.6. The van der Waals surface area contributed by atoms with Crippen molar-refractivity contribution in [1.82, 2.24) is 5.32 Å². The van der Waals surface area contributed by atoms with Gasteiger partial charge in [-0.2, -0.15) is 0 Å². The van der Waals surface area contributed by atoms with E-state index < -0.39 is 0 Å². The van der Waals surface area contributed by atoms with Crippen molar-refractivity contribution < 1.29 is 9.47 Å². The Morgan fingerprint density at radius 3 is 2.38 bits per heavy atom. The van der Waals surface area contributed by atoms with E-state index in [1.807, 2.05) is 37.3 Å². The lowest BCUT2D eigenvalue weighted by Gasteiger charge is -2.20. The molecule has 4 nitrogen and oxygen atoms in total. The number of aryl methyl sites for hydroxylation is 1. The smallest absolute Gasteiger partial charge is 0.171 e. The number of hydrogen-bond acceptors (Lipinski definition) is 3. The van der Waals surface area contributed by atoms with E-state index in [9.17, 15) is 0 Å². The van der Waals surface area contributed by atoms with E-state index in [2.05, 4.69) is 29.7 Å². The zero-order valence-corrected chi connectivity index (χ0v) is 15.4. The van der Waals surface area contributed by atoms with Crippen molar-refractivity contribution in [3.8, 4) is 11.5 Å². The van der Waals surface area contributed by atoms with Gasteiger partial charge >= 0.3 is 0 Å². The largest absolute Gasteiger partial charge is 0.497 e. The Kier molecular flexibility index (Phi) is 6.44. The van der Waals surface area contributed by atoms with E-state index in [-0.39, 0.29) is 6.04 Å². The molecule has 0 saturated carbocycles. The van der Waals surface area contributed by atoms with Crippen LogP contribution in [-0.4, -0.2) is 19.3 Å². The minimum Gasteiger partial charge on any atom is -0.497 e. The van der Waals surface area contributed by atoms with Gasteiger partial charge in [0.05, 0.1) is 20.3 Å². The highest BCUT2D eigenvalue weighted by Crippen LogP contribution is 2.29. The third-order valence-electron chi connectivity index (χ3n) is 3.87. The molecule has 0 aliphatic carbocycles. The van der Waals surface area contributed by atoms with Crippen LogP contribution in [0.1, 0.15) is 31.0 Å². The van der Waals surface area contributed by atoms with Crippen LogP contribution < -0.4 is 20.1 Å². The Morgan fingerprint density at radius 1 is 1.08 bits per heavy atom. The molecule has 0 radical (unpaired) electrons. The zero-order valence-electron chi connectivity index (χ0n) is 14.6. The lowest BCUT2D eigenvalue weighted by molar-refractivity contribution is 0.395. The highest BCUT2D eigenvalue weighted by molar-refractivity contribution is 7.80. The molecule has 0 heterocycles. The van der Waals surface area contributed by atoms with Crippen LogP contribution in [0.4, 0.5) is 5.69 Å². The minimum atomic E-state index is -0.0232. The van der Waals surface area contributed by atoms with Gasteiger partial charge in [-0.25, -0.2) is 0 Å². The Labute approximate surface area is 149 Å². The molecule has 2 aromatic carbocycles. The second-order valence-electron chi connectivity index (χ2n) is 5.48.